The second-order valence-electron chi connectivity index (χ2n) is 8.35. The molecule has 2 aromatic carbocycles. The second-order valence-corrected chi connectivity index (χ2v) is 8.35. The minimum absolute atomic E-state index is 0.0153. The zero-order valence-electron chi connectivity index (χ0n) is 19.3. The topological polar surface area (TPSA) is 77.5 Å². The van der Waals surface area contributed by atoms with Crippen LogP contribution >= 0.6 is 0 Å². The lowest BCUT2D eigenvalue weighted by Gasteiger charge is -2.23. The number of rotatable bonds is 8. The van der Waals surface area contributed by atoms with E-state index in [1.54, 1.807) is 31.1 Å². The quantitative estimate of drug-likeness (QED) is 0.610. The Kier molecular flexibility index (Phi) is 6.91. The third kappa shape index (κ3) is 5.16. The van der Waals surface area contributed by atoms with Gasteiger partial charge >= 0.3 is 0 Å². The smallest absolute Gasteiger partial charge is 0.228 e. The minimum Gasteiger partial charge on any atom is -0.493 e. The van der Waals surface area contributed by atoms with E-state index in [4.69, 9.17) is 18.9 Å². The first-order chi connectivity index (χ1) is 16.0. The molecule has 1 unspecified atom stereocenters. The van der Waals surface area contributed by atoms with Crippen LogP contribution in [0.15, 0.2) is 36.4 Å². The van der Waals surface area contributed by atoms with E-state index >= 15 is 0 Å². The van der Waals surface area contributed by atoms with Gasteiger partial charge in [0.15, 0.2) is 23.0 Å². The maximum Gasteiger partial charge on any atom is 0.228 e. The fourth-order valence-corrected chi connectivity index (χ4v) is 4.30. The first-order valence-corrected chi connectivity index (χ1v) is 11.1. The monoisotopic (exact) mass is 454 g/mol. The number of amides is 2. The molecular weight excluding hydrogens is 424 g/mol. The van der Waals surface area contributed by atoms with Crippen LogP contribution in [-0.4, -0.2) is 69.2 Å². The summed E-state index contributed by atoms with van der Waals surface area (Å²) in [5, 5.41) is 0. The predicted molar refractivity (Wildman–Crippen MR) is 122 cm³/mol. The van der Waals surface area contributed by atoms with Crippen molar-refractivity contribution < 1.29 is 28.5 Å². The van der Waals surface area contributed by atoms with Gasteiger partial charge in [-0.2, -0.15) is 0 Å². The average Bonchev–Trinajstić information content (AvgIpc) is 3.22. The first-order valence-electron chi connectivity index (χ1n) is 11.1. The molecule has 2 aliphatic rings. The van der Waals surface area contributed by atoms with Crippen LogP contribution in [0, 0.1) is 5.92 Å². The van der Waals surface area contributed by atoms with Gasteiger partial charge in [-0.25, -0.2) is 0 Å². The zero-order valence-corrected chi connectivity index (χ0v) is 19.3. The van der Waals surface area contributed by atoms with E-state index in [1.807, 2.05) is 36.4 Å². The van der Waals surface area contributed by atoms with Crippen LogP contribution in [0.4, 0.5) is 0 Å². The molecule has 0 aliphatic carbocycles. The van der Waals surface area contributed by atoms with Crippen LogP contribution in [0.2, 0.25) is 0 Å². The highest BCUT2D eigenvalue weighted by molar-refractivity contribution is 5.89. The maximum absolute atomic E-state index is 13.0. The summed E-state index contributed by atoms with van der Waals surface area (Å²) in [7, 11) is 4.97. The van der Waals surface area contributed by atoms with E-state index in [2.05, 4.69) is 0 Å². The van der Waals surface area contributed by atoms with E-state index in [0.717, 1.165) is 16.9 Å². The minimum atomic E-state index is -0.329. The summed E-state index contributed by atoms with van der Waals surface area (Å²) in [5.74, 6) is 2.43. The van der Waals surface area contributed by atoms with E-state index in [1.165, 1.54) is 0 Å². The maximum atomic E-state index is 13.0. The Hall–Kier alpha value is -3.42. The summed E-state index contributed by atoms with van der Waals surface area (Å²) in [5.41, 5.74) is 2.01. The molecule has 1 saturated heterocycles. The van der Waals surface area contributed by atoms with Crippen molar-refractivity contribution >= 4 is 11.8 Å². The molecule has 0 bridgehead atoms. The zero-order chi connectivity index (χ0) is 23.4. The number of methoxy groups -OCH3 is 2. The summed E-state index contributed by atoms with van der Waals surface area (Å²) in [6, 6.07) is 11.5. The molecule has 2 heterocycles. The Labute approximate surface area is 194 Å². The van der Waals surface area contributed by atoms with Gasteiger partial charge in [0.2, 0.25) is 11.8 Å². The molecule has 2 amide bonds. The molecule has 4 rings (SSSR count). The Morgan fingerprint density at radius 2 is 1.76 bits per heavy atom. The van der Waals surface area contributed by atoms with Gasteiger partial charge in [-0.1, -0.05) is 12.1 Å². The van der Waals surface area contributed by atoms with Crippen molar-refractivity contribution in [1.82, 2.24) is 9.80 Å². The van der Waals surface area contributed by atoms with Crippen LogP contribution in [0.3, 0.4) is 0 Å². The normalized spacial score (nSPS) is 17.1. The largest absolute Gasteiger partial charge is 0.493 e. The van der Waals surface area contributed by atoms with Gasteiger partial charge in [0.25, 0.3) is 0 Å². The Morgan fingerprint density at radius 1 is 1.03 bits per heavy atom. The molecule has 176 valence electrons. The summed E-state index contributed by atoms with van der Waals surface area (Å²) < 4.78 is 21.8. The third-order valence-electron chi connectivity index (χ3n) is 6.08. The molecule has 0 saturated carbocycles. The number of nitrogens with zero attached hydrogens (tertiary/aromatic N) is 2. The summed E-state index contributed by atoms with van der Waals surface area (Å²) >= 11 is 0. The van der Waals surface area contributed by atoms with Crippen LogP contribution < -0.4 is 18.9 Å². The Bertz CT molecular complexity index is 1020. The number of carbonyl (C=O) groups excluding carboxylic acids is 2. The van der Waals surface area contributed by atoms with E-state index in [9.17, 15) is 9.59 Å². The van der Waals surface area contributed by atoms with Crippen molar-refractivity contribution in [2.24, 2.45) is 5.92 Å². The summed E-state index contributed by atoms with van der Waals surface area (Å²) in [6.45, 7) is 2.52. The van der Waals surface area contributed by atoms with E-state index in [0.29, 0.717) is 56.5 Å². The summed E-state index contributed by atoms with van der Waals surface area (Å²) in [4.78, 5) is 29.0. The number of ether oxygens (including phenoxy) is 4. The van der Waals surface area contributed by atoms with Gasteiger partial charge in [-0.05, 0) is 41.8 Å². The molecule has 8 nitrogen and oxygen atoms in total. The molecule has 8 heteroatoms. The van der Waals surface area contributed by atoms with Gasteiger partial charge in [0.1, 0.15) is 13.2 Å². The third-order valence-corrected chi connectivity index (χ3v) is 6.08. The highest BCUT2D eigenvalue weighted by Gasteiger charge is 2.35. The van der Waals surface area contributed by atoms with Crippen LogP contribution in [-0.2, 0) is 22.6 Å². The molecule has 1 fully saturated rings. The number of hydrogen-bond acceptors (Lipinski definition) is 6. The highest BCUT2D eigenvalue weighted by Crippen LogP contribution is 2.31. The molecule has 0 radical (unpaired) electrons. The van der Waals surface area contributed by atoms with Crippen molar-refractivity contribution in [3.8, 4) is 23.0 Å². The number of likely N-dealkylation sites (tertiary alicyclic amines) is 1. The lowest BCUT2D eigenvalue weighted by molar-refractivity contribution is -0.135. The number of hydrogen-bond donors (Lipinski definition) is 0. The van der Waals surface area contributed by atoms with Crippen LogP contribution in [0.1, 0.15) is 17.5 Å². The fraction of sp³-hybridized carbons (Fsp3) is 0.440. The lowest BCUT2D eigenvalue weighted by Crippen LogP contribution is -2.34. The molecule has 33 heavy (non-hydrogen) atoms. The van der Waals surface area contributed by atoms with Crippen molar-refractivity contribution in [2.45, 2.75) is 19.4 Å². The SMILES string of the molecule is COc1ccc(CCN2CC(C(=O)N(C)Cc3ccc4c(c3)OCCO4)CC2=O)cc1OC. The van der Waals surface area contributed by atoms with Gasteiger partial charge in [-0.3, -0.25) is 9.59 Å². The molecule has 2 aliphatic heterocycles. The lowest BCUT2D eigenvalue weighted by atomic mass is 10.1. The fourth-order valence-electron chi connectivity index (χ4n) is 4.30. The van der Waals surface area contributed by atoms with E-state index < -0.39 is 0 Å². The highest BCUT2D eigenvalue weighted by atomic mass is 16.6. The van der Waals surface area contributed by atoms with Crippen molar-refractivity contribution in [2.75, 3.05) is 47.6 Å². The van der Waals surface area contributed by atoms with Crippen LogP contribution in [0.25, 0.3) is 0 Å². The Morgan fingerprint density at radius 3 is 2.52 bits per heavy atom. The number of benzene rings is 2. The van der Waals surface area contributed by atoms with Crippen molar-refractivity contribution in [1.29, 1.82) is 0 Å². The number of carbonyl (C=O) groups is 2. The molecule has 2 aromatic rings. The molecule has 0 spiro atoms. The summed E-state index contributed by atoms with van der Waals surface area (Å²) in [6.07, 6.45) is 0.927. The van der Waals surface area contributed by atoms with Crippen molar-refractivity contribution in [3.05, 3.63) is 47.5 Å². The van der Waals surface area contributed by atoms with Gasteiger partial charge < -0.3 is 28.7 Å². The second kappa shape index (κ2) is 10.0. The van der Waals surface area contributed by atoms with Gasteiger partial charge in [-0.15, -0.1) is 0 Å². The predicted octanol–water partition coefficient (Wildman–Crippen LogP) is 2.52. The van der Waals surface area contributed by atoms with Gasteiger partial charge in [0, 0.05) is 33.1 Å². The molecule has 0 aromatic heterocycles. The number of fused-ring (bicyclic) bond motifs is 1. The van der Waals surface area contributed by atoms with E-state index in [-0.39, 0.29) is 24.2 Å². The molecule has 0 N–H and O–H groups in total. The molecule has 1 atom stereocenters. The standard InChI is InChI=1S/C25H30N2O6/c1-26(15-18-5-7-21-23(13-18)33-11-10-32-21)25(29)19-14-24(28)27(16-19)9-8-17-4-6-20(30-2)22(12-17)31-3/h4-7,12-13,19H,8-11,14-16H2,1-3H3. The average molecular weight is 455 g/mol. The first kappa shape index (κ1) is 22.8. The van der Waals surface area contributed by atoms with Crippen LogP contribution in [0.5, 0.6) is 23.0 Å². The van der Waals surface area contributed by atoms with Crippen molar-refractivity contribution in [3.63, 3.8) is 0 Å². The Balaban J connectivity index is 1.32. The molecular formula is C25H30N2O6. The van der Waals surface area contributed by atoms with Gasteiger partial charge in [0.05, 0.1) is 20.1 Å².